The Labute approximate surface area is 165 Å². The van der Waals surface area contributed by atoms with Gasteiger partial charge < -0.3 is 10.2 Å². The number of carbonyl (C=O) groups excluding carboxylic acids is 3. The quantitative estimate of drug-likeness (QED) is 0.673. The number of hydrogen-bond acceptors (Lipinski definition) is 3. The van der Waals surface area contributed by atoms with E-state index in [1.54, 1.807) is 24.3 Å². The molecule has 0 spiro atoms. The van der Waals surface area contributed by atoms with Crippen LogP contribution in [0.4, 0.5) is 0 Å². The summed E-state index contributed by atoms with van der Waals surface area (Å²) < 4.78 is 0. The van der Waals surface area contributed by atoms with Crippen molar-refractivity contribution in [2.75, 3.05) is 27.2 Å². The number of amides is 3. The number of rotatable bonds is 8. The monoisotopic (exact) mass is 380 g/mol. The maximum atomic E-state index is 12.5. The topological polar surface area (TPSA) is 70.9 Å². The highest BCUT2D eigenvalue weighted by Gasteiger charge is 2.34. The van der Waals surface area contributed by atoms with Crippen LogP contribution in [-0.2, 0) is 4.79 Å². The van der Waals surface area contributed by atoms with Crippen molar-refractivity contribution < 1.29 is 19.3 Å². The van der Waals surface area contributed by atoms with Gasteiger partial charge in [-0.25, -0.2) is 0 Å². The summed E-state index contributed by atoms with van der Waals surface area (Å²) in [5.41, 5.74) is 1.95. The van der Waals surface area contributed by atoms with Crippen molar-refractivity contribution in [3.63, 3.8) is 0 Å². The Hall–Kier alpha value is -2.99. The molecule has 3 rings (SSSR count). The molecule has 6 heteroatoms. The van der Waals surface area contributed by atoms with E-state index in [9.17, 15) is 14.4 Å². The summed E-state index contributed by atoms with van der Waals surface area (Å²) in [5, 5.41) is 3.08. The van der Waals surface area contributed by atoms with E-state index in [0.717, 1.165) is 12.1 Å². The lowest BCUT2D eigenvalue weighted by atomic mass is 10.1. The van der Waals surface area contributed by atoms with E-state index < -0.39 is 0 Å². The van der Waals surface area contributed by atoms with Crippen molar-refractivity contribution in [2.45, 2.75) is 18.9 Å². The number of quaternary nitrogens is 1. The minimum absolute atomic E-state index is 0.0713. The molecule has 6 nitrogen and oxygen atoms in total. The number of imide groups is 1. The largest absolute Gasteiger partial charge is 0.344 e. The maximum Gasteiger partial charge on any atom is 0.261 e. The molecule has 0 saturated carbocycles. The molecule has 0 unspecified atom stereocenters. The zero-order chi connectivity index (χ0) is 20.1. The molecule has 0 fully saturated rings. The summed E-state index contributed by atoms with van der Waals surface area (Å²) >= 11 is 0. The molecule has 1 heterocycles. The Kier molecular flexibility index (Phi) is 6.21. The van der Waals surface area contributed by atoms with Gasteiger partial charge in [-0.05, 0) is 24.1 Å². The van der Waals surface area contributed by atoms with Crippen LogP contribution < -0.4 is 10.2 Å². The molecular weight excluding hydrogens is 354 g/mol. The minimum atomic E-state index is -0.278. The van der Waals surface area contributed by atoms with Crippen LogP contribution in [0.3, 0.4) is 0 Å². The van der Waals surface area contributed by atoms with Gasteiger partial charge in [0.15, 0.2) is 0 Å². The van der Waals surface area contributed by atoms with Crippen LogP contribution in [-0.4, -0.2) is 49.8 Å². The van der Waals surface area contributed by atoms with Crippen molar-refractivity contribution in [3.8, 4) is 0 Å². The summed E-state index contributed by atoms with van der Waals surface area (Å²) in [7, 11) is 4.09. The molecule has 28 heavy (non-hydrogen) atoms. The zero-order valence-corrected chi connectivity index (χ0v) is 16.3. The number of carbonyl (C=O) groups is 3. The third-order valence-corrected chi connectivity index (χ3v) is 4.81. The molecule has 0 aromatic heterocycles. The second kappa shape index (κ2) is 8.80. The fraction of sp³-hybridized carbons (Fsp3) is 0.318. The van der Waals surface area contributed by atoms with Crippen LogP contribution in [0.15, 0.2) is 54.6 Å². The Morgan fingerprint density at radius 1 is 0.964 bits per heavy atom. The van der Waals surface area contributed by atoms with Gasteiger partial charge in [-0.15, -0.1) is 0 Å². The van der Waals surface area contributed by atoms with Crippen LogP contribution in [0.5, 0.6) is 0 Å². The fourth-order valence-corrected chi connectivity index (χ4v) is 3.45. The number of hydrogen-bond donors (Lipinski definition) is 2. The van der Waals surface area contributed by atoms with Gasteiger partial charge in [-0.3, -0.25) is 19.3 Å². The molecule has 0 aliphatic carbocycles. The molecule has 1 aliphatic rings. The average molecular weight is 380 g/mol. The minimum Gasteiger partial charge on any atom is -0.344 e. The predicted octanol–water partition coefficient (Wildman–Crippen LogP) is 1.06. The van der Waals surface area contributed by atoms with Gasteiger partial charge >= 0.3 is 0 Å². The summed E-state index contributed by atoms with van der Waals surface area (Å²) in [6.45, 7) is 1.02. The molecule has 1 atom stereocenters. The zero-order valence-electron chi connectivity index (χ0n) is 16.3. The molecule has 0 radical (unpaired) electrons. The molecule has 0 saturated heterocycles. The van der Waals surface area contributed by atoms with Gasteiger partial charge in [0.25, 0.3) is 11.8 Å². The molecule has 2 N–H and O–H groups in total. The van der Waals surface area contributed by atoms with E-state index in [4.69, 9.17) is 0 Å². The summed E-state index contributed by atoms with van der Waals surface area (Å²) in [6, 6.07) is 16.6. The van der Waals surface area contributed by atoms with Crippen molar-refractivity contribution in [3.05, 3.63) is 71.3 Å². The number of nitrogens with one attached hydrogen (secondary N) is 2. The Bertz CT molecular complexity index is 829. The highest BCUT2D eigenvalue weighted by atomic mass is 16.2. The molecule has 2 aromatic carbocycles. The lowest BCUT2D eigenvalue weighted by Crippen LogP contribution is -3.06. The van der Waals surface area contributed by atoms with Gasteiger partial charge in [0.2, 0.25) is 5.91 Å². The van der Waals surface area contributed by atoms with Crippen molar-refractivity contribution >= 4 is 17.7 Å². The number of fused-ring (bicyclic) bond motifs is 1. The van der Waals surface area contributed by atoms with Gasteiger partial charge in [0.05, 0.1) is 25.2 Å². The summed E-state index contributed by atoms with van der Waals surface area (Å²) in [4.78, 5) is 39.7. The Morgan fingerprint density at radius 2 is 1.54 bits per heavy atom. The maximum absolute atomic E-state index is 12.5. The van der Waals surface area contributed by atoms with E-state index in [1.807, 2.05) is 44.4 Å². The van der Waals surface area contributed by atoms with E-state index in [-0.39, 0.29) is 36.7 Å². The Morgan fingerprint density at radius 3 is 2.11 bits per heavy atom. The highest BCUT2D eigenvalue weighted by Crippen LogP contribution is 2.22. The summed E-state index contributed by atoms with van der Waals surface area (Å²) in [6.07, 6.45) is 0.702. The molecule has 146 valence electrons. The first-order valence-electron chi connectivity index (χ1n) is 9.56. The first-order chi connectivity index (χ1) is 13.5. The first kappa shape index (κ1) is 19.8. The molecule has 3 amide bonds. The van der Waals surface area contributed by atoms with Crippen LogP contribution in [0.2, 0.25) is 0 Å². The average Bonchev–Trinajstić information content (AvgIpc) is 2.93. The van der Waals surface area contributed by atoms with E-state index in [0.29, 0.717) is 17.5 Å². The van der Waals surface area contributed by atoms with E-state index >= 15 is 0 Å². The second-order valence-corrected chi connectivity index (χ2v) is 7.35. The van der Waals surface area contributed by atoms with Crippen molar-refractivity contribution in [2.24, 2.45) is 0 Å². The number of likely N-dealkylation sites (N-methyl/N-ethyl adjacent to an activating group) is 1. The van der Waals surface area contributed by atoms with Gasteiger partial charge in [-0.1, -0.05) is 42.5 Å². The van der Waals surface area contributed by atoms with Crippen LogP contribution in [0, 0.1) is 0 Å². The smallest absolute Gasteiger partial charge is 0.261 e. The van der Waals surface area contributed by atoms with Crippen molar-refractivity contribution in [1.29, 1.82) is 0 Å². The Balaban J connectivity index is 1.54. The van der Waals surface area contributed by atoms with Gasteiger partial charge in [0.1, 0.15) is 12.6 Å². The first-order valence-corrected chi connectivity index (χ1v) is 9.56. The SMILES string of the molecule is C[NH+](C)C[C@H](NC(=O)CCCN1C(=O)c2ccccc2C1=O)c1ccccc1. The molecular formula is C22H26N3O3+. The number of benzene rings is 2. The standard InChI is InChI=1S/C22H25N3O3/c1-24(2)15-19(16-9-4-3-5-10-16)23-20(26)13-8-14-25-21(27)17-11-6-7-12-18(17)22(25)28/h3-7,9-12,19H,8,13-15H2,1-2H3,(H,23,26)/p+1/t19-/m0/s1. The van der Waals surface area contributed by atoms with Crippen molar-refractivity contribution in [1.82, 2.24) is 10.2 Å². The normalized spacial score (nSPS) is 14.3. The fourth-order valence-electron chi connectivity index (χ4n) is 3.45. The number of nitrogens with zero attached hydrogens (tertiary/aromatic N) is 1. The second-order valence-electron chi connectivity index (χ2n) is 7.35. The lowest BCUT2D eigenvalue weighted by Gasteiger charge is -2.21. The third kappa shape index (κ3) is 4.46. The highest BCUT2D eigenvalue weighted by molar-refractivity contribution is 6.21. The predicted molar refractivity (Wildman–Crippen MR) is 106 cm³/mol. The molecule has 1 aliphatic heterocycles. The van der Waals surface area contributed by atoms with Crippen LogP contribution in [0.25, 0.3) is 0 Å². The van der Waals surface area contributed by atoms with Crippen LogP contribution in [0.1, 0.15) is 45.2 Å². The van der Waals surface area contributed by atoms with Crippen LogP contribution >= 0.6 is 0 Å². The molecule has 0 bridgehead atoms. The lowest BCUT2D eigenvalue weighted by molar-refractivity contribution is -0.860. The van der Waals surface area contributed by atoms with Gasteiger partial charge in [-0.2, -0.15) is 0 Å². The summed E-state index contributed by atoms with van der Waals surface area (Å²) in [5.74, 6) is -0.634. The third-order valence-electron chi connectivity index (χ3n) is 4.81. The van der Waals surface area contributed by atoms with Gasteiger partial charge in [0, 0.05) is 13.0 Å². The molecule has 2 aromatic rings. The van der Waals surface area contributed by atoms with E-state index in [1.165, 1.54) is 9.80 Å². The van der Waals surface area contributed by atoms with E-state index in [2.05, 4.69) is 5.32 Å².